The normalized spacial score (nSPS) is 21.9. The summed E-state index contributed by atoms with van der Waals surface area (Å²) < 4.78 is 13.2. The van der Waals surface area contributed by atoms with Gasteiger partial charge in [0.2, 0.25) is 0 Å². The number of aromatic nitrogens is 3. The van der Waals surface area contributed by atoms with E-state index in [-0.39, 0.29) is 11.7 Å². The summed E-state index contributed by atoms with van der Waals surface area (Å²) in [6.07, 6.45) is 4.41. The lowest BCUT2D eigenvalue weighted by Crippen LogP contribution is -2.36. The van der Waals surface area contributed by atoms with Crippen LogP contribution < -0.4 is 10.2 Å². The maximum atomic E-state index is 13.2. The van der Waals surface area contributed by atoms with E-state index >= 15 is 0 Å². The molecule has 1 amide bonds. The fourth-order valence-corrected chi connectivity index (χ4v) is 4.82. The number of halogens is 1. The molecule has 2 atom stereocenters. The Labute approximate surface area is 197 Å². The predicted octanol–water partition coefficient (Wildman–Crippen LogP) is 3.91. The molecule has 2 fully saturated rings. The number of aliphatic hydroxyl groups is 1. The zero-order chi connectivity index (χ0) is 23.7. The topological polar surface area (TPSA) is 91.2 Å². The van der Waals surface area contributed by atoms with Gasteiger partial charge < -0.3 is 15.3 Å². The minimum atomic E-state index is -1.13. The van der Waals surface area contributed by atoms with E-state index in [1.165, 1.54) is 24.3 Å². The van der Waals surface area contributed by atoms with Crippen LogP contribution in [0.15, 0.2) is 48.7 Å². The first kappa shape index (κ1) is 21.2. The van der Waals surface area contributed by atoms with Gasteiger partial charge in [-0.1, -0.05) is 0 Å². The molecule has 0 radical (unpaired) electrons. The van der Waals surface area contributed by atoms with Crippen molar-refractivity contribution < 1.29 is 14.3 Å². The maximum absolute atomic E-state index is 13.2. The van der Waals surface area contributed by atoms with Crippen molar-refractivity contribution in [2.75, 3.05) is 11.4 Å². The molecule has 3 aromatic rings. The highest BCUT2D eigenvalue weighted by molar-refractivity contribution is 5.95. The Morgan fingerprint density at radius 2 is 1.91 bits per heavy atom. The van der Waals surface area contributed by atoms with Gasteiger partial charge in [0.25, 0.3) is 5.91 Å². The molecule has 1 aromatic carbocycles. The van der Waals surface area contributed by atoms with Gasteiger partial charge in [0.15, 0.2) is 5.82 Å². The Bertz CT molecular complexity index is 1280. The number of carbonyl (C=O) groups excluding carboxylic acids is 1. The second kappa shape index (κ2) is 7.30. The number of amides is 1. The number of pyridine rings is 1. The van der Waals surface area contributed by atoms with E-state index in [0.717, 1.165) is 48.7 Å². The molecule has 0 bridgehead atoms. The second-order valence-electron chi connectivity index (χ2n) is 10.2. The predicted molar refractivity (Wildman–Crippen MR) is 124 cm³/mol. The molecule has 0 saturated heterocycles. The Kier molecular flexibility index (Phi) is 4.55. The van der Waals surface area contributed by atoms with E-state index < -0.39 is 11.1 Å². The lowest BCUT2D eigenvalue weighted by Gasteiger charge is -2.31. The smallest absolute Gasteiger partial charge is 0.252 e. The van der Waals surface area contributed by atoms with Crippen molar-refractivity contribution in [3.05, 3.63) is 77.3 Å². The van der Waals surface area contributed by atoms with Crippen LogP contribution in [0.4, 0.5) is 15.9 Å². The van der Waals surface area contributed by atoms with E-state index in [1.54, 1.807) is 20.0 Å². The number of hydrogen-bond acceptors (Lipinski definition) is 6. The SMILES string of the molecule is CC(C)(O)c1nccc(N2CC3CC3c3nc(C4(NC(=O)c5ccc(F)cc5)CC4)ccc32)n1. The average molecular weight is 460 g/mol. The highest BCUT2D eigenvalue weighted by Crippen LogP contribution is 2.56. The van der Waals surface area contributed by atoms with E-state index in [4.69, 9.17) is 4.98 Å². The zero-order valence-electron chi connectivity index (χ0n) is 19.1. The quantitative estimate of drug-likeness (QED) is 0.601. The molecular formula is C26H26FN5O2. The molecule has 3 heterocycles. The largest absolute Gasteiger partial charge is 0.382 e. The zero-order valence-corrected chi connectivity index (χ0v) is 19.1. The molecule has 0 spiro atoms. The van der Waals surface area contributed by atoms with Crippen molar-refractivity contribution in [3.63, 3.8) is 0 Å². The molecule has 34 heavy (non-hydrogen) atoms. The first-order valence-corrected chi connectivity index (χ1v) is 11.7. The third kappa shape index (κ3) is 3.62. The number of fused-ring (bicyclic) bond motifs is 3. The van der Waals surface area contributed by atoms with Gasteiger partial charge in [-0.15, -0.1) is 0 Å². The molecule has 7 nitrogen and oxygen atoms in total. The van der Waals surface area contributed by atoms with Crippen molar-refractivity contribution in [1.82, 2.24) is 20.3 Å². The van der Waals surface area contributed by atoms with Crippen LogP contribution in [0, 0.1) is 11.7 Å². The Morgan fingerprint density at radius 1 is 1.15 bits per heavy atom. The minimum absolute atomic E-state index is 0.219. The molecule has 3 aliphatic rings. The fourth-order valence-electron chi connectivity index (χ4n) is 4.82. The third-order valence-electron chi connectivity index (χ3n) is 7.05. The van der Waals surface area contributed by atoms with Crippen molar-refractivity contribution in [2.24, 2.45) is 5.92 Å². The number of carbonyl (C=O) groups is 1. The molecule has 2 aliphatic carbocycles. The summed E-state index contributed by atoms with van der Waals surface area (Å²) in [5.41, 5.74) is 1.76. The summed E-state index contributed by atoms with van der Waals surface area (Å²) in [6, 6.07) is 11.5. The summed E-state index contributed by atoms with van der Waals surface area (Å²) >= 11 is 0. The lowest BCUT2D eigenvalue weighted by molar-refractivity contribution is 0.0688. The van der Waals surface area contributed by atoms with Gasteiger partial charge in [-0.2, -0.15) is 0 Å². The van der Waals surface area contributed by atoms with Gasteiger partial charge in [-0.3, -0.25) is 9.78 Å². The highest BCUT2D eigenvalue weighted by Gasteiger charge is 2.51. The third-order valence-corrected chi connectivity index (χ3v) is 7.05. The Morgan fingerprint density at radius 3 is 2.62 bits per heavy atom. The number of anilines is 2. The monoisotopic (exact) mass is 459 g/mol. The number of nitrogens with zero attached hydrogens (tertiary/aromatic N) is 4. The standard InChI is InChI=1S/C26H26FN5O2/c1-25(2,34)24-28-12-9-21(30-24)32-14-16-13-18(16)22-19(32)7-8-20(29-22)26(10-11-26)31-23(33)15-3-5-17(27)6-4-15/h3-9,12,16,18,34H,10-11,13-14H2,1-2H3,(H,31,33). The lowest BCUT2D eigenvalue weighted by atomic mass is 10.0. The van der Waals surface area contributed by atoms with Gasteiger partial charge in [-0.05, 0) is 81.5 Å². The van der Waals surface area contributed by atoms with Crippen LogP contribution in [0.1, 0.15) is 66.6 Å². The summed E-state index contributed by atoms with van der Waals surface area (Å²) in [6.45, 7) is 4.21. The average Bonchev–Trinajstić information content (AvgIpc) is 3.74. The molecule has 2 aromatic heterocycles. The molecular weight excluding hydrogens is 433 g/mol. The van der Waals surface area contributed by atoms with Crippen molar-refractivity contribution >= 4 is 17.4 Å². The van der Waals surface area contributed by atoms with Crippen LogP contribution in [-0.2, 0) is 11.1 Å². The molecule has 174 valence electrons. The first-order valence-electron chi connectivity index (χ1n) is 11.7. The van der Waals surface area contributed by atoms with Gasteiger partial charge in [0, 0.05) is 24.2 Å². The van der Waals surface area contributed by atoms with Crippen LogP contribution in [0.2, 0.25) is 0 Å². The number of nitrogens with one attached hydrogen (secondary N) is 1. The molecule has 2 unspecified atom stereocenters. The molecule has 6 rings (SSSR count). The van der Waals surface area contributed by atoms with Crippen molar-refractivity contribution in [2.45, 2.75) is 50.2 Å². The summed E-state index contributed by atoms with van der Waals surface area (Å²) in [5.74, 6) is 1.48. The minimum Gasteiger partial charge on any atom is -0.382 e. The summed E-state index contributed by atoms with van der Waals surface area (Å²) in [4.78, 5) is 28.9. The van der Waals surface area contributed by atoms with E-state index in [9.17, 15) is 14.3 Å². The van der Waals surface area contributed by atoms with E-state index in [2.05, 4.69) is 26.3 Å². The van der Waals surface area contributed by atoms with Crippen LogP contribution >= 0.6 is 0 Å². The van der Waals surface area contributed by atoms with Gasteiger partial charge in [0.1, 0.15) is 17.2 Å². The molecule has 1 aliphatic heterocycles. The van der Waals surface area contributed by atoms with E-state index in [0.29, 0.717) is 23.2 Å². The van der Waals surface area contributed by atoms with Crippen LogP contribution in [0.25, 0.3) is 0 Å². The van der Waals surface area contributed by atoms with Crippen LogP contribution in [0.5, 0.6) is 0 Å². The molecule has 2 saturated carbocycles. The highest BCUT2D eigenvalue weighted by atomic mass is 19.1. The van der Waals surface area contributed by atoms with Crippen LogP contribution in [-0.4, -0.2) is 32.5 Å². The fraction of sp³-hybridized carbons (Fsp3) is 0.385. The van der Waals surface area contributed by atoms with Gasteiger partial charge in [-0.25, -0.2) is 14.4 Å². The van der Waals surface area contributed by atoms with Gasteiger partial charge >= 0.3 is 0 Å². The Hall–Kier alpha value is -3.39. The summed E-state index contributed by atoms with van der Waals surface area (Å²) in [7, 11) is 0. The van der Waals surface area contributed by atoms with Crippen molar-refractivity contribution in [1.29, 1.82) is 0 Å². The Balaban J connectivity index is 1.30. The summed E-state index contributed by atoms with van der Waals surface area (Å²) in [5, 5.41) is 13.5. The molecule has 8 heteroatoms. The van der Waals surface area contributed by atoms with Crippen molar-refractivity contribution in [3.8, 4) is 0 Å². The number of rotatable bonds is 5. The number of hydrogen-bond donors (Lipinski definition) is 2. The van der Waals surface area contributed by atoms with E-state index in [1.807, 2.05) is 12.1 Å². The molecule has 2 N–H and O–H groups in total. The second-order valence-corrected chi connectivity index (χ2v) is 10.2. The van der Waals surface area contributed by atoms with Gasteiger partial charge in [0.05, 0.1) is 22.6 Å². The number of benzene rings is 1. The van der Waals surface area contributed by atoms with Crippen LogP contribution in [0.3, 0.4) is 0 Å². The maximum Gasteiger partial charge on any atom is 0.252 e. The first-order chi connectivity index (χ1) is 16.2.